The van der Waals surface area contributed by atoms with Crippen LogP contribution >= 0.6 is 24.8 Å². The Bertz CT molecular complexity index is 390. The number of hydrogen-bond acceptors (Lipinski definition) is 1. The monoisotopic (exact) mass is 289 g/mol. The van der Waals surface area contributed by atoms with Crippen LogP contribution in [0.25, 0.3) is 11.1 Å². The summed E-state index contributed by atoms with van der Waals surface area (Å²) in [5.74, 6) is 0. The zero-order valence-electron chi connectivity index (χ0n) is 8.71. The van der Waals surface area contributed by atoms with Crippen molar-refractivity contribution in [1.82, 2.24) is 0 Å². The Hall–Kier alpha value is -0.0603. The molecule has 0 amide bonds. The third kappa shape index (κ3) is 7.79. The Labute approximate surface area is 143 Å². The Balaban J connectivity index is 0.000000453. The fourth-order valence-electron chi connectivity index (χ4n) is 1.26. The molecule has 2 aromatic rings. The van der Waals surface area contributed by atoms with Crippen LogP contribution in [-0.2, 0) is 0 Å². The van der Waals surface area contributed by atoms with Gasteiger partial charge in [0.15, 0.2) is 0 Å². The summed E-state index contributed by atoms with van der Waals surface area (Å²) < 4.78 is 0.194. The molecule has 0 spiro atoms. The van der Waals surface area contributed by atoms with Gasteiger partial charge in [0.2, 0.25) is 0 Å². The third-order valence-electron chi connectivity index (χ3n) is 1.88. The minimum atomic E-state index is 0. The molecule has 4 heteroatoms. The molecule has 2 aromatic carbocycles. The van der Waals surface area contributed by atoms with Crippen molar-refractivity contribution in [2.24, 2.45) is 5.73 Å². The second kappa shape index (κ2) is 9.92. The van der Waals surface area contributed by atoms with Crippen molar-refractivity contribution in [3.63, 3.8) is 0 Å². The first-order chi connectivity index (χ1) is 7.70. The van der Waals surface area contributed by atoms with E-state index in [0.29, 0.717) is 0 Å². The standard InChI is InChI=1S/C12H10.CH3NS2.Ca.2H/c1-3-7-11(8-4-1)12-9-5-2-6-10-12;2-1(3)4;;;/h1-10H;(H3,2,3,4);;;. The van der Waals surface area contributed by atoms with E-state index in [4.69, 9.17) is 5.73 Å². The first kappa shape index (κ1) is 16.9. The maximum atomic E-state index is 4.71. The van der Waals surface area contributed by atoms with E-state index < -0.39 is 0 Å². The van der Waals surface area contributed by atoms with Gasteiger partial charge in [0.05, 0.1) is 0 Å². The molecule has 2 rings (SSSR count). The fourth-order valence-corrected chi connectivity index (χ4v) is 1.26. The molecule has 0 aliphatic rings. The van der Waals surface area contributed by atoms with Crippen LogP contribution in [0.5, 0.6) is 0 Å². The van der Waals surface area contributed by atoms with Gasteiger partial charge >= 0.3 is 37.7 Å². The molecule has 0 saturated heterocycles. The largest absolute Gasteiger partial charge is 0.0622 e. The fraction of sp³-hybridized carbons (Fsp3) is 0. The molecule has 0 aromatic heterocycles. The molecule has 0 aliphatic carbocycles. The molecular formula is C13H15CaNS2. The summed E-state index contributed by atoms with van der Waals surface area (Å²) in [6.45, 7) is 0. The van der Waals surface area contributed by atoms with E-state index in [-0.39, 0.29) is 42.1 Å². The van der Waals surface area contributed by atoms with Gasteiger partial charge < -0.3 is 5.73 Å². The van der Waals surface area contributed by atoms with E-state index in [2.05, 4.69) is 73.4 Å². The van der Waals surface area contributed by atoms with Crippen LogP contribution in [0.15, 0.2) is 60.7 Å². The van der Waals surface area contributed by atoms with Crippen molar-refractivity contribution in [3.05, 3.63) is 60.7 Å². The van der Waals surface area contributed by atoms with E-state index >= 15 is 0 Å². The van der Waals surface area contributed by atoms with Gasteiger partial charge in [-0.05, 0) is 11.1 Å². The van der Waals surface area contributed by atoms with Crippen LogP contribution in [0.3, 0.4) is 0 Å². The molecule has 0 saturated carbocycles. The Kier molecular flexibility index (Phi) is 9.88. The number of hydrogen-bond donors (Lipinski definition) is 2. The topological polar surface area (TPSA) is 26.0 Å². The molecule has 0 bridgehead atoms. The molecule has 86 valence electrons. The molecule has 0 aliphatic heterocycles. The zero-order chi connectivity index (χ0) is 11.8. The Morgan fingerprint density at radius 3 is 1.29 bits per heavy atom. The third-order valence-corrected chi connectivity index (χ3v) is 1.88. The summed E-state index contributed by atoms with van der Waals surface area (Å²) in [7, 11) is 0. The average molecular weight is 289 g/mol. The average Bonchev–Trinajstić information content (AvgIpc) is 2.31. The molecule has 1 nitrogen and oxygen atoms in total. The van der Waals surface area contributed by atoms with Gasteiger partial charge in [-0.25, -0.2) is 0 Å². The number of thiocarbonyl (C=S) groups is 1. The summed E-state index contributed by atoms with van der Waals surface area (Å²) in [6, 6.07) is 20.8. The van der Waals surface area contributed by atoms with Gasteiger partial charge in [-0.2, -0.15) is 0 Å². The van der Waals surface area contributed by atoms with E-state index in [1.54, 1.807) is 0 Å². The number of nitrogens with two attached hydrogens (primary N) is 1. The van der Waals surface area contributed by atoms with E-state index in [1.165, 1.54) is 11.1 Å². The maximum Gasteiger partial charge on any atom is -0.0184 e. The quantitative estimate of drug-likeness (QED) is 0.479. The zero-order valence-corrected chi connectivity index (χ0v) is 10.4. The number of thiol groups is 1. The van der Waals surface area contributed by atoms with Crippen LogP contribution in [0.2, 0.25) is 0 Å². The summed E-state index contributed by atoms with van der Waals surface area (Å²) in [5.41, 5.74) is 7.26. The van der Waals surface area contributed by atoms with Gasteiger partial charge in [0.1, 0.15) is 4.32 Å². The van der Waals surface area contributed by atoms with E-state index in [0.717, 1.165) is 0 Å². The Morgan fingerprint density at radius 2 is 1.06 bits per heavy atom. The molecule has 0 atom stereocenters. The van der Waals surface area contributed by atoms with Crippen LogP contribution in [0, 0.1) is 0 Å². The summed E-state index contributed by atoms with van der Waals surface area (Å²) in [5, 5.41) is 0. The second-order valence-electron chi connectivity index (χ2n) is 3.07. The summed E-state index contributed by atoms with van der Waals surface area (Å²) >= 11 is 7.65. The first-order valence-electron chi connectivity index (χ1n) is 4.79. The number of benzene rings is 2. The van der Waals surface area contributed by atoms with Gasteiger partial charge in [0.25, 0.3) is 0 Å². The smallest absolute Gasteiger partial charge is 0.0184 e. The first-order valence-corrected chi connectivity index (χ1v) is 5.64. The van der Waals surface area contributed by atoms with Gasteiger partial charge in [-0.15, -0.1) is 12.6 Å². The Morgan fingerprint density at radius 1 is 0.824 bits per heavy atom. The predicted molar refractivity (Wildman–Crippen MR) is 86.2 cm³/mol. The molecule has 0 unspecified atom stereocenters. The number of rotatable bonds is 1. The maximum absolute atomic E-state index is 4.71. The normalized spacial score (nSPS) is 8.29. The van der Waals surface area contributed by atoms with Crippen LogP contribution in [0.4, 0.5) is 0 Å². The molecule has 0 fully saturated rings. The van der Waals surface area contributed by atoms with Crippen molar-refractivity contribution in [2.75, 3.05) is 0 Å². The van der Waals surface area contributed by atoms with Gasteiger partial charge in [-0.1, -0.05) is 72.9 Å². The minimum absolute atomic E-state index is 0. The van der Waals surface area contributed by atoms with Crippen LogP contribution in [-0.4, -0.2) is 42.1 Å². The van der Waals surface area contributed by atoms with E-state index in [9.17, 15) is 0 Å². The summed E-state index contributed by atoms with van der Waals surface area (Å²) in [4.78, 5) is 0. The second-order valence-corrected chi connectivity index (χ2v) is 4.29. The van der Waals surface area contributed by atoms with Crippen molar-refractivity contribution >= 4 is 66.9 Å². The van der Waals surface area contributed by atoms with Crippen molar-refractivity contribution in [3.8, 4) is 11.1 Å². The van der Waals surface area contributed by atoms with Gasteiger partial charge in [-0.3, -0.25) is 0 Å². The summed E-state index contributed by atoms with van der Waals surface area (Å²) in [6.07, 6.45) is 0. The molecule has 0 radical (unpaired) electrons. The minimum Gasteiger partial charge on any atom is -0.0622 e. The van der Waals surface area contributed by atoms with Crippen molar-refractivity contribution < 1.29 is 0 Å². The molecular weight excluding hydrogens is 274 g/mol. The predicted octanol–water partition coefficient (Wildman–Crippen LogP) is 2.60. The van der Waals surface area contributed by atoms with Crippen molar-refractivity contribution in [2.45, 2.75) is 0 Å². The molecule has 17 heavy (non-hydrogen) atoms. The van der Waals surface area contributed by atoms with E-state index in [1.807, 2.05) is 12.1 Å². The van der Waals surface area contributed by atoms with Crippen LogP contribution in [0.1, 0.15) is 0 Å². The molecule has 2 N–H and O–H groups in total. The molecule has 0 heterocycles. The van der Waals surface area contributed by atoms with Gasteiger partial charge in [0, 0.05) is 0 Å². The van der Waals surface area contributed by atoms with Crippen molar-refractivity contribution in [1.29, 1.82) is 0 Å². The van der Waals surface area contributed by atoms with Crippen LogP contribution < -0.4 is 5.73 Å². The SMILES string of the molecule is NC(=S)S.[CaH2].c1ccc(-c2ccccc2)cc1.